The highest BCUT2D eigenvalue weighted by atomic mass is 32.2. The fraction of sp³-hybridized carbons (Fsp3) is 0.391. The zero-order chi connectivity index (χ0) is 23.2. The van der Waals surface area contributed by atoms with E-state index in [0.717, 1.165) is 20.9 Å². The molecule has 170 valence electrons. The first-order valence-corrected chi connectivity index (χ1v) is 10.8. The number of ether oxygens (including phenoxy) is 1. The SMILES string of the molecule is COC1(c2cccc(Sc3ccc(C(C)=NOCC#N)cc3)c2)CCN(CC(F)(F)F)C1. The predicted octanol–water partition coefficient (Wildman–Crippen LogP) is 5.21. The summed E-state index contributed by atoms with van der Waals surface area (Å²) in [6.07, 6.45) is -3.71. The lowest BCUT2D eigenvalue weighted by molar-refractivity contribution is -0.146. The van der Waals surface area contributed by atoms with Crippen LogP contribution >= 0.6 is 11.8 Å². The highest BCUT2D eigenvalue weighted by Crippen LogP contribution is 2.39. The Balaban J connectivity index is 1.71. The number of alkyl halides is 3. The van der Waals surface area contributed by atoms with Crippen molar-refractivity contribution in [3.63, 3.8) is 0 Å². The number of nitriles is 1. The molecule has 0 aromatic heterocycles. The van der Waals surface area contributed by atoms with Gasteiger partial charge in [0.1, 0.15) is 11.7 Å². The number of hydrogen-bond acceptors (Lipinski definition) is 6. The summed E-state index contributed by atoms with van der Waals surface area (Å²) in [7, 11) is 1.56. The molecular weight excluding hydrogens is 439 g/mol. The molecule has 0 radical (unpaired) electrons. The van der Waals surface area contributed by atoms with E-state index in [1.165, 1.54) is 4.90 Å². The summed E-state index contributed by atoms with van der Waals surface area (Å²) in [5, 5.41) is 12.4. The van der Waals surface area contributed by atoms with Crippen LogP contribution in [0, 0.1) is 11.3 Å². The van der Waals surface area contributed by atoms with Crippen molar-refractivity contribution in [3.05, 3.63) is 59.7 Å². The molecular formula is C23H24F3N3O2S. The molecule has 2 aromatic carbocycles. The molecule has 1 aliphatic rings. The van der Waals surface area contributed by atoms with E-state index in [2.05, 4.69) is 5.16 Å². The second-order valence-corrected chi connectivity index (χ2v) is 8.68. The van der Waals surface area contributed by atoms with Crippen LogP contribution in [0.1, 0.15) is 24.5 Å². The van der Waals surface area contributed by atoms with Crippen LogP contribution in [0.2, 0.25) is 0 Å². The minimum Gasteiger partial charge on any atom is -0.380 e. The Morgan fingerprint density at radius 2 is 1.97 bits per heavy atom. The van der Waals surface area contributed by atoms with Crippen molar-refractivity contribution in [2.45, 2.75) is 34.9 Å². The van der Waals surface area contributed by atoms with E-state index in [9.17, 15) is 13.2 Å². The Hall–Kier alpha value is -2.54. The summed E-state index contributed by atoms with van der Waals surface area (Å²) in [5.41, 5.74) is 1.69. The Labute approximate surface area is 189 Å². The Morgan fingerprint density at radius 1 is 1.22 bits per heavy atom. The normalized spacial score (nSPS) is 19.7. The highest BCUT2D eigenvalue weighted by molar-refractivity contribution is 7.99. The lowest BCUT2D eigenvalue weighted by Gasteiger charge is -2.29. The van der Waals surface area contributed by atoms with Crippen LogP contribution in [0.25, 0.3) is 0 Å². The molecule has 0 spiro atoms. The molecule has 0 N–H and O–H groups in total. The largest absolute Gasteiger partial charge is 0.401 e. The van der Waals surface area contributed by atoms with Gasteiger partial charge in [-0.3, -0.25) is 4.90 Å². The smallest absolute Gasteiger partial charge is 0.380 e. The summed E-state index contributed by atoms with van der Waals surface area (Å²) >= 11 is 1.56. The van der Waals surface area contributed by atoms with Gasteiger partial charge < -0.3 is 9.57 Å². The fourth-order valence-electron chi connectivity index (χ4n) is 3.72. The quantitative estimate of drug-likeness (QED) is 0.306. The second-order valence-electron chi connectivity index (χ2n) is 7.54. The van der Waals surface area contributed by atoms with Crippen molar-refractivity contribution in [2.75, 3.05) is 33.4 Å². The molecule has 1 saturated heterocycles. The molecule has 1 unspecified atom stereocenters. The topological polar surface area (TPSA) is 57.9 Å². The monoisotopic (exact) mass is 463 g/mol. The van der Waals surface area contributed by atoms with Gasteiger partial charge in [-0.1, -0.05) is 41.2 Å². The van der Waals surface area contributed by atoms with Crippen molar-refractivity contribution < 1.29 is 22.7 Å². The maximum atomic E-state index is 12.8. The minimum absolute atomic E-state index is 0.0987. The third-order valence-corrected chi connectivity index (χ3v) is 6.30. The predicted molar refractivity (Wildman–Crippen MR) is 117 cm³/mol. The summed E-state index contributed by atoms with van der Waals surface area (Å²) in [6.45, 7) is 1.32. The molecule has 1 aliphatic heterocycles. The Kier molecular flexibility index (Phi) is 7.82. The van der Waals surface area contributed by atoms with E-state index in [0.29, 0.717) is 18.7 Å². The summed E-state index contributed by atoms with van der Waals surface area (Å²) in [6, 6.07) is 17.4. The number of rotatable bonds is 8. The van der Waals surface area contributed by atoms with Crippen molar-refractivity contribution in [2.24, 2.45) is 5.16 Å². The van der Waals surface area contributed by atoms with Crippen molar-refractivity contribution in [1.82, 2.24) is 4.90 Å². The number of oxime groups is 1. The Morgan fingerprint density at radius 3 is 2.62 bits per heavy atom. The molecule has 1 atom stereocenters. The average molecular weight is 464 g/mol. The lowest BCUT2D eigenvalue weighted by atomic mass is 9.93. The molecule has 0 saturated carbocycles. The van der Waals surface area contributed by atoms with E-state index in [-0.39, 0.29) is 13.2 Å². The van der Waals surface area contributed by atoms with Gasteiger partial charge in [0, 0.05) is 30.0 Å². The second kappa shape index (κ2) is 10.4. The number of likely N-dealkylation sites (tertiary alicyclic amines) is 1. The van der Waals surface area contributed by atoms with Crippen molar-refractivity contribution in [3.8, 4) is 6.07 Å². The van der Waals surface area contributed by atoms with Gasteiger partial charge in [-0.2, -0.15) is 18.4 Å². The van der Waals surface area contributed by atoms with Gasteiger partial charge in [0.25, 0.3) is 0 Å². The van der Waals surface area contributed by atoms with Gasteiger partial charge in [-0.15, -0.1) is 0 Å². The van der Waals surface area contributed by atoms with Crippen molar-refractivity contribution >= 4 is 17.5 Å². The van der Waals surface area contributed by atoms with Gasteiger partial charge in [-0.25, -0.2) is 0 Å². The van der Waals surface area contributed by atoms with E-state index < -0.39 is 18.3 Å². The number of halogens is 3. The first-order chi connectivity index (χ1) is 15.2. The Bertz CT molecular complexity index is 989. The van der Waals surface area contributed by atoms with E-state index in [1.54, 1.807) is 25.8 Å². The van der Waals surface area contributed by atoms with Gasteiger partial charge in [0.05, 0.1) is 12.3 Å². The lowest BCUT2D eigenvalue weighted by Crippen LogP contribution is -2.37. The molecule has 1 fully saturated rings. The van der Waals surface area contributed by atoms with Gasteiger partial charge in [-0.05, 0) is 48.7 Å². The third kappa shape index (κ3) is 6.25. The van der Waals surface area contributed by atoms with E-state index in [1.807, 2.05) is 54.6 Å². The zero-order valence-electron chi connectivity index (χ0n) is 17.9. The van der Waals surface area contributed by atoms with Crippen LogP contribution in [0.3, 0.4) is 0 Å². The molecule has 0 aliphatic carbocycles. The summed E-state index contributed by atoms with van der Waals surface area (Å²) in [4.78, 5) is 8.26. The first kappa shape index (κ1) is 24.1. The summed E-state index contributed by atoms with van der Waals surface area (Å²) < 4.78 is 44.2. The maximum absolute atomic E-state index is 12.8. The van der Waals surface area contributed by atoms with Crippen LogP contribution in [0.4, 0.5) is 13.2 Å². The summed E-state index contributed by atoms with van der Waals surface area (Å²) in [5.74, 6) is 0. The molecule has 32 heavy (non-hydrogen) atoms. The molecule has 0 amide bonds. The van der Waals surface area contributed by atoms with Crippen LogP contribution in [-0.4, -0.2) is 50.1 Å². The average Bonchev–Trinajstić information content (AvgIpc) is 3.17. The van der Waals surface area contributed by atoms with Crippen molar-refractivity contribution in [1.29, 1.82) is 5.26 Å². The molecule has 9 heteroatoms. The maximum Gasteiger partial charge on any atom is 0.401 e. The molecule has 3 rings (SSSR count). The minimum atomic E-state index is -4.22. The van der Waals surface area contributed by atoms with Gasteiger partial charge in [0.15, 0.2) is 0 Å². The zero-order valence-corrected chi connectivity index (χ0v) is 18.7. The molecule has 2 aromatic rings. The van der Waals surface area contributed by atoms with Crippen LogP contribution in [0.5, 0.6) is 0 Å². The number of benzene rings is 2. The molecule has 5 nitrogen and oxygen atoms in total. The number of methoxy groups -OCH3 is 1. The number of nitrogens with zero attached hydrogens (tertiary/aromatic N) is 3. The van der Waals surface area contributed by atoms with Crippen LogP contribution in [-0.2, 0) is 15.2 Å². The van der Waals surface area contributed by atoms with Crippen LogP contribution in [0.15, 0.2) is 63.5 Å². The first-order valence-electron chi connectivity index (χ1n) is 10.0. The molecule has 0 bridgehead atoms. The molecule has 1 heterocycles. The van der Waals surface area contributed by atoms with E-state index >= 15 is 0 Å². The fourth-order valence-corrected chi connectivity index (χ4v) is 4.60. The van der Waals surface area contributed by atoms with Gasteiger partial charge in [0.2, 0.25) is 6.61 Å². The van der Waals surface area contributed by atoms with E-state index in [4.69, 9.17) is 14.8 Å². The van der Waals surface area contributed by atoms with Gasteiger partial charge >= 0.3 is 6.18 Å². The highest BCUT2D eigenvalue weighted by Gasteiger charge is 2.43. The number of hydrogen-bond donors (Lipinski definition) is 0. The standard InChI is InChI=1S/C23H24F3N3O2S/c1-17(28-31-13-11-27)18-6-8-20(9-7-18)32-21-5-3-4-19(14-21)22(30-2)10-12-29(15-22)16-23(24,25)26/h3-9,14H,10,12-13,15-16H2,1-2H3. The van der Waals surface area contributed by atoms with Crippen LogP contribution < -0.4 is 0 Å². The third-order valence-electron chi connectivity index (χ3n) is 5.30.